The number of carbonyl (C=O) groups is 3. The van der Waals surface area contributed by atoms with E-state index in [0.29, 0.717) is 0 Å². The number of thioether (sulfide) groups is 1. The lowest BCUT2D eigenvalue weighted by Gasteiger charge is -2.34. The molecule has 1 saturated heterocycles. The molecule has 2 heterocycles. The van der Waals surface area contributed by atoms with Gasteiger partial charge in [-0.1, -0.05) is 43.0 Å². The molecule has 1 aromatic heterocycles. The molecule has 10 heteroatoms. The Morgan fingerprint density at radius 2 is 2.13 bits per heavy atom. The Labute approximate surface area is 184 Å². The van der Waals surface area contributed by atoms with Crippen LogP contribution in [0.25, 0.3) is 0 Å². The minimum Gasteiger partial charge on any atom is -0.416 e. The molecule has 0 bridgehead atoms. The zero-order valence-electron chi connectivity index (χ0n) is 17.5. The summed E-state index contributed by atoms with van der Waals surface area (Å²) >= 11 is 1.12. The van der Waals surface area contributed by atoms with Crippen molar-refractivity contribution < 1.29 is 18.8 Å². The highest BCUT2D eigenvalue weighted by molar-refractivity contribution is 7.99. The van der Waals surface area contributed by atoms with Gasteiger partial charge in [-0.2, -0.15) is 0 Å². The van der Waals surface area contributed by atoms with E-state index < -0.39 is 11.9 Å². The number of aryl methyl sites for hydroxylation is 1. The van der Waals surface area contributed by atoms with Gasteiger partial charge in [0, 0.05) is 24.7 Å². The van der Waals surface area contributed by atoms with Crippen LogP contribution in [-0.2, 0) is 22.4 Å². The quantitative estimate of drug-likeness (QED) is 0.452. The Morgan fingerprint density at radius 1 is 1.35 bits per heavy atom. The molecule has 0 saturated carbocycles. The topological polar surface area (TPSA) is 117 Å². The van der Waals surface area contributed by atoms with Crippen molar-refractivity contribution >= 4 is 35.3 Å². The van der Waals surface area contributed by atoms with Crippen LogP contribution in [-0.4, -0.2) is 51.3 Å². The molecule has 2 aromatic rings. The number of nitrogens with zero attached hydrogens (tertiary/aromatic N) is 3. The molecule has 1 fully saturated rings. The van der Waals surface area contributed by atoms with Crippen LogP contribution in [0.3, 0.4) is 0 Å². The summed E-state index contributed by atoms with van der Waals surface area (Å²) in [7, 11) is 0. The third-order valence-electron chi connectivity index (χ3n) is 4.94. The number of imide groups is 1. The average molecular weight is 444 g/mol. The molecule has 0 radical (unpaired) electrons. The van der Waals surface area contributed by atoms with Crippen molar-refractivity contribution in [3.05, 3.63) is 48.4 Å². The molecule has 0 aliphatic carbocycles. The summed E-state index contributed by atoms with van der Waals surface area (Å²) in [5.41, 5.74) is 1.85. The minimum atomic E-state index is -0.523. The van der Waals surface area contributed by atoms with Crippen molar-refractivity contribution in [3.8, 4) is 0 Å². The Bertz CT molecular complexity index is 976. The van der Waals surface area contributed by atoms with Crippen molar-refractivity contribution in [1.29, 1.82) is 0 Å². The smallest absolute Gasteiger partial charge is 0.324 e. The fourth-order valence-corrected chi connectivity index (χ4v) is 3.87. The van der Waals surface area contributed by atoms with Gasteiger partial charge in [0.05, 0.1) is 11.7 Å². The lowest BCUT2D eigenvalue weighted by molar-refractivity contribution is -0.134. The van der Waals surface area contributed by atoms with Crippen LogP contribution in [0.1, 0.15) is 25.3 Å². The number of benzene rings is 1. The van der Waals surface area contributed by atoms with Crippen LogP contribution in [0, 0.1) is 5.92 Å². The standard InChI is InChI=1S/C21H25N5O4S/c1-4-10-26-19(28)15(13(3)22-20(26)29)11-18-24-25-21(30-18)31-12-17(27)23-16-9-7-6-8-14(16)5-2/h4,6-9,13,15H,1,5,10-12H2,2-3H3,(H,22,29)(H,23,27). The molecular weight excluding hydrogens is 418 g/mol. The lowest BCUT2D eigenvalue weighted by atomic mass is 9.93. The van der Waals surface area contributed by atoms with Gasteiger partial charge in [-0.05, 0) is 25.0 Å². The third kappa shape index (κ3) is 5.52. The second kappa shape index (κ2) is 10.3. The fourth-order valence-electron chi connectivity index (χ4n) is 3.28. The molecule has 1 aromatic carbocycles. The summed E-state index contributed by atoms with van der Waals surface area (Å²) in [5.74, 6) is -0.618. The summed E-state index contributed by atoms with van der Waals surface area (Å²) in [5, 5.41) is 13.8. The predicted octanol–water partition coefficient (Wildman–Crippen LogP) is 2.65. The molecule has 0 spiro atoms. The zero-order chi connectivity index (χ0) is 22.4. The van der Waals surface area contributed by atoms with Gasteiger partial charge in [-0.3, -0.25) is 14.5 Å². The normalized spacial score (nSPS) is 18.6. The number of amides is 4. The van der Waals surface area contributed by atoms with Gasteiger partial charge in [0.2, 0.25) is 17.7 Å². The number of anilines is 1. The summed E-state index contributed by atoms with van der Waals surface area (Å²) in [4.78, 5) is 38.0. The van der Waals surface area contributed by atoms with Gasteiger partial charge >= 0.3 is 6.03 Å². The van der Waals surface area contributed by atoms with Crippen molar-refractivity contribution in [2.24, 2.45) is 5.92 Å². The van der Waals surface area contributed by atoms with Crippen LogP contribution in [0.4, 0.5) is 10.5 Å². The van der Waals surface area contributed by atoms with Crippen molar-refractivity contribution in [1.82, 2.24) is 20.4 Å². The number of hydrogen-bond donors (Lipinski definition) is 2. The van der Waals surface area contributed by atoms with Crippen molar-refractivity contribution in [3.63, 3.8) is 0 Å². The van der Waals surface area contributed by atoms with E-state index in [0.717, 1.165) is 34.3 Å². The molecule has 164 valence electrons. The molecule has 2 N–H and O–H groups in total. The van der Waals surface area contributed by atoms with E-state index in [-0.39, 0.29) is 47.7 Å². The number of rotatable bonds is 9. The largest absolute Gasteiger partial charge is 0.416 e. The number of hydrogen-bond acceptors (Lipinski definition) is 7. The first-order valence-corrected chi connectivity index (χ1v) is 11.0. The third-order valence-corrected chi connectivity index (χ3v) is 5.76. The summed E-state index contributed by atoms with van der Waals surface area (Å²) < 4.78 is 5.61. The molecule has 3 rings (SSSR count). The predicted molar refractivity (Wildman–Crippen MR) is 117 cm³/mol. The van der Waals surface area contributed by atoms with Crippen LogP contribution in [0.5, 0.6) is 0 Å². The minimum absolute atomic E-state index is 0.113. The number of urea groups is 1. The maximum Gasteiger partial charge on any atom is 0.324 e. The number of nitrogens with one attached hydrogen (secondary N) is 2. The van der Waals surface area contributed by atoms with Gasteiger partial charge in [-0.15, -0.1) is 16.8 Å². The zero-order valence-corrected chi connectivity index (χ0v) is 18.3. The number of para-hydroxylation sites is 1. The van der Waals surface area contributed by atoms with E-state index in [4.69, 9.17) is 4.42 Å². The Balaban J connectivity index is 1.56. The van der Waals surface area contributed by atoms with E-state index in [1.165, 1.54) is 6.08 Å². The second-order valence-corrected chi connectivity index (χ2v) is 8.02. The number of carbonyl (C=O) groups excluding carboxylic acids is 3. The highest BCUT2D eigenvalue weighted by Gasteiger charge is 2.39. The van der Waals surface area contributed by atoms with Crippen LogP contribution < -0.4 is 10.6 Å². The van der Waals surface area contributed by atoms with Gasteiger partial charge in [0.25, 0.3) is 5.22 Å². The van der Waals surface area contributed by atoms with E-state index >= 15 is 0 Å². The molecule has 9 nitrogen and oxygen atoms in total. The van der Waals surface area contributed by atoms with Crippen LogP contribution in [0.2, 0.25) is 0 Å². The highest BCUT2D eigenvalue weighted by atomic mass is 32.2. The lowest BCUT2D eigenvalue weighted by Crippen LogP contribution is -2.59. The van der Waals surface area contributed by atoms with Crippen molar-refractivity contribution in [2.75, 3.05) is 17.6 Å². The Hall–Kier alpha value is -3.14. The molecule has 31 heavy (non-hydrogen) atoms. The van der Waals surface area contributed by atoms with Crippen LogP contribution in [0.15, 0.2) is 46.6 Å². The highest BCUT2D eigenvalue weighted by Crippen LogP contribution is 2.23. The van der Waals surface area contributed by atoms with E-state index in [1.807, 2.05) is 31.2 Å². The fraction of sp³-hybridized carbons (Fsp3) is 0.381. The molecule has 2 unspecified atom stereocenters. The molecule has 1 aliphatic rings. The second-order valence-electron chi connectivity index (χ2n) is 7.10. The molecule has 4 amide bonds. The van der Waals surface area contributed by atoms with E-state index in [2.05, 4.69) is 27.4 Å². The first kappa shape index (κ1) is 22.5. The molecular formula is C21H25N5O4S. The Kier molecular flexibility index (Phi) is 7.45. The summed E-state index contributed by atoms with van der Waals surface area (Å²) in [6.45, 7) is 7.50. The number of aromatic nitrogens is 2. The molecule has 2 atom stereocenters. The monoisotopic (exact) mass is 443 g/mol. The van der Waals surface area contributed by atoms with Gasteiger partial charge in [0.15, 0.2) is 0 Å². The first-order chi connectivity index (χ1) is 14.9. The van der Waals surface area contributed by atoms with Gasteiger partial charge in [-0.25, -0.2) is 4.79 Å². The average Bonchev–Trinajstić information content (AvgIpc) is 3.20. The maximum atomic E-state index is 12.7. The van der Waals surface area contributed by atoms with Crippen LogP contribution >= 0.6 is 11.8 Å². The Morgan fingerprint density at radius 3 is 2.87 bits per heavy atom. The first-order valence-electron chi connectivity index (χ1n) is 9.98. The summed E-state index contributed by atoms with van der Waals surface area (Å²) in [6.07, 6.45) is 2.51. The van der Waals surface area contributed by atoms with Crippen molar-refractivity contribution in [2.45, 2.75) is 38.0 Å². The summed E-state index contributed by atoms with van der Waals surface area (Å²) in [6, 6.07) is 6.84. The van der Waals surface area contributed by atoms with Gasteiger partial charge < -0.3 is 15.1 Å². The van der Waals surface area contributed by atoms with Gasteiger partial charge in [0.1, 0.15) is 0 Å². The molecule has 1 aliphatic heterocycles. The van der Waals surface area contributed by atoms with E-state index in [1.54, 1.807) is 6.92 Å². The van der Waals surface area contributed by atoms with E-state index in [9.17, 15) is 14.4 Å². The SMILES string of the molecule is C=CCN1C(=O)NC(C)C(Cc2nnc(SCC(=O)Nc3ccccc3CC)o2)C1=O. The maximum absolute atomic E-state index is 12.7.